The number of aryl methyl sites for hydroxylation is 1. The highest BCUT2D eigenvalue weighted by Crippen LogP contribution is 2.27. The van der Waals surface area contributed by atoms with Gasteiger partial charge in [-0.25, -0.2) is 4.98 Å². The van der Waals surface area contributed by atoms with Crippen molar-refractivity contribution in [3.8, 4) is 11.1 Å². The zero-order valence-electron chi connectivity index (χ0n) is 19.6. The van der Waals surface area contributed by atoms with E-state index in [1.165, 1.54) is 0 Å². The van der Waals surface area contributed by atoms with E-state index in [0.717, 1.165) is 53.5 Å². The maximum Gasteiger partial charge on any atom is 0.233 e. The Labute approximate surface area is 196 Å². The van der Waals surface area contributed by atoms with Crippen LogP contribution in [-0.4, -0.2) is 42.2 Å². The van der Waals surface area contributed by atoms with E-state index in [-0.39, 0.29) is 11.8 Å². The third kappa shape index (κ3) is 5.96. The molecule has 6 heteroatoms. The van der Waals surface area contributed by atoms with Crippen molar-refractivity contribution in [2.24, 2.45) is 5.92 Å². The molecule has 1 amide bonds. The summed E-state index contributed by atoms with van der Waals surface area (Å²) in [4.78, 5) is 24.7. The number of hydrogen-bond acceptors (Lipinski definition) is 5. The Balaban J connectivity index is 1.51. The van der Waals surface area contributed by atoms with E-state index in [1.54, 1.807) is 0 Å². The summed E-state index contributed by atoms with van der Waals surface area (Å²) >= 11 is 0. The molecule has 0 radical (unpaired) electrons. The molecule has 6 nitrogen and oxygen atoms in total. The number of aromatic nitrogens is 2. The van der Waals surface area contributed by atoms with Crippen LogP contribution in [0.15, 0.2) is 60.8 Å². The summed E-state index contributed by atoms with van der Waals surface area (Å²) in [6, 6.07) is 18.0. The van der Waals surface area contributed by atoms with Crippen LogP contribution in [0.4, 0.5) is 11.5 Å². The Morgan fingerprint density at radius 3 is 2.52 bits per heavy atom. The number of amides is 1. The Hall–Kier alpha value is -3.25. The van der Waals surface area contributed by atoms with Crippen molar-refractivity contribution in [2.45, 2.75) is 33.1 Å². The van der Waals surface area contributed by atoms with Crippen LogP contribution in [0, 0.1) is 12.8 Å². The molecule has 2 aromatic heterocycles. The van der Waals surface area contributed by atoms with Gasteiger partial charge in [-0.15, -0.1) is 0 Å². The molecule has 1 aliphatic heterocycles. The lowest BCUT2D eigenvalue weighted by molar-refractivity contribution is -0.118. The first-order chi connectivity index (χ1) is 16.0. The number of hydrogen-bond donors (Lipinski definition) is 1. The number of benzene rings is 1. The maximum atomic E-state index is 13.3. The molecule has 1 saturated heterocycles. The molecular formula is C27H32N4O2. The highest BCUT2D eigenvalue weighted by atomic mass is 16.5. The van der Waals surface area contributed by atoms with E-state index < -0.39 is 0 Å². The summed E-state index contributed by atoms with van der Waals surface area (Å²) in [6.45, 7) is 9.31. The molecule has 1 aliphatic rings. The van der Waals surface area contributed by atoms with Gasteiger partial charge in [-0.3, -0.25) is 9.78 Å². The van der Waals surface area contributed by atoms with Gasteiger partial charge in [0.25, 0.3) is 0 Å². The molecule has 172 valence electrons. The van der Waals surface area contributed by atoms with Crippen molar-refractivity contribution in [3.05, 3.63) is 72.2 Å². The topological polar surface area (TPSA) is 67.4 Å². The van der Waals surface area contributed by atoms with Crippen molar-refractivity contribution < 1.29 is 9.53 Å². The molecular weight excluding hydrogens is 412 g/mol. The van der Waals surface area contributed by atoms with E-state index in [1.807, 2.05) is 61.7 Å². The zero-order chi connectivity index (χ0) is 23.2. The fourth-order valence-corrected chi connectivity index (χ4v) is 4.14. The lowest BCUT2D eigenvalue weighted by atomic mass is 9.92. The second-order valence-corrected chi connectivity index (χ2v) is 8.95. The molecule has 33 heavy (non-hydrogen) atoms. The first-order valence-electron chi connectivity index (χ1n) is 11.6. The molecule has 0 saturated carbocycles. The summed E-state index contributed by atoms with van der Waals surface area (Å²) in [6.07, 6.45) is 2.55. The van der Waals surface area contributed by atoms with Crippen molar-refractivity contribution in [3.63, 3.8) is 0 Å². The smallest absolute Gasteiger partial charge is 0.233 e. The maximum absolute atomic E-state index is 13.3. The van der Waals surface area contributed by atoms with Crippen molar-refractivity contribution in [2.75, 3.05) is 36.5 Å². The van der Waals surface area contributed by atoms with Crippen LogP contribution < -0.4 is 10.2 Å². The summed E-state index contributed by atoms with van der Waals surface area (Å²) in [5, 5.41) is 3.11. The quantitative estimate of drug-likeness (QED) is 0.552. The van der Waals surface area contributed by atoms with Gasteiger partial charge < -0.3 is 15.0 Å². The number of nitrogens with zero attached hydrogens (tertiary/aromatic N) is 3. The molecule has 3 aromatic rings. The first-order valence-corrected chi connectivity index (χ1v) is 11.6. The number of morpholine rings is 1. The second kappa shape index (κ2) is 10.6. The number of carbonyl (C=O) groups is 1. The molecule has 1 fully saturated rings. The van der Waals surface area contributed by atoms with Crippen LogP contribution >= 0.6 is 0 Å². The third-order valence-electron chi connectivity index (χ3n) is 5.85. The van der Waals surface area contributed by atoms with Crippen LogP contribution in [0.1, 0.15) is 37.6 Å². The monoisotopic (exact) mass is 444 g/mol. The van der Waals surface area contributed by atoms with Crippen molar-refractivity contribution >= 4 is 17.4 Å². The standard InChI is InChI=1S/C27H32N4O2/c1-19(2)17-24(25-5-4-6-26(30-25)31-13-15-33-16-14-31)27(32)29-23-9-7-21(8-10-23)22-11-12-28-20(3)18-22/h4-12,18-19,24H,13-17H2,1-3H3,(H,29,32). The van der Waals surface area contributed by atoms with Crippen molar-refractivity contribution in [1.82, 2.24) is 9.97 Å². The average Bonchev–Trinajstić information content (AvgIpc) is 2.83. The number of carbonyl (C=O) groups excluding carboxylic acids is 1. The van der Waals surface area contributed by atoms with Crippen LogP contribution in [0.5, 0.6) is 0 Å². The molecule has 1 aromatic carbocycles. The van der Waals surface area contributed by atoms with Gasteiger partial charge in [-0.05, 0) is 66.8 Å². The minimum Gasteiger partial charge on any atom is -0.378 e. The minimum absolute atomic E-state index is 0.0252. The van der Waals surface area contributed by atoms with Gasteiger partial charge in [0.05, 0.1) is 24.8 Å². The molecule has 1 atom stereocenters. The normalized spacial score (nSPS) is 14.8. The second-order valence-electron chi connectivity index (χ2n) is 8.95. The molecule has 0 spiro atoms. The Bertz CT molecular complexity index is 1080. The lowest BCUT2D eigenvalue weighted by Crippen LogP contribution is -2.37. The van der Waals surface area contributed by atoms with Gasteiger partial charge in [0.15, 0.2) is 0 Å². The van der Waals surface area contributed by atoms with Crippen LogP contribution in [0.25, 0.3) is 11.1 Å². The molecule has 0 bridgehead atoms. The zero-order valence-corrected chi connectivity index (χ0v) is 19.6. The first kappa shape index (κ1) is 22.9. The van der Waals surface area contributed by atoms with Crippen LogP contribution in [0.2, 0.25) is 0 Å². The summed E-state index contributed by atoms with van der Waals surface area (Å²) < 4.78 is 5.46. The highest BCUT2D eigenvalue weighted by molar-refractivity contribution is 5.95. The van der Waals surface area contributed by atoms with Gasteiger partial charge >= 0.3 is 0 Å². The van der Waals surface area contributed by atoms with Crippen LogP contribution in [0.3, 0.4) is 0 Å². The highest BCUT2D eigenvalue weighted by Gasteiger charge is 2.24. The molecule has 1 unspecified atom stereocenters. The molecule has 1 N–H and O–H groups in total. The lowest BCUT2D eigenvalue weighted by Gasteiger charge is -2.28. The SMILES string of the molecule is Cc1cc(-c2ccc(NC(=O)C(CC(C)C)c3cccc(N4CCOCC4)n3)cc2)ccn1. The van der Waals surface area contributed by atoms with E-state index in [9.17, 15) is 4.79 Å². The Kier molecular flexibility index (Phi) is 7.35. The fourth-order valence-electron chi connectivity index (χ4n) is 4.14. The van der Waals surface area contributed by atoms with Gasteiger partial charge in [0.1, 0.15) is 5.82 Å². The predicted octanol–water partition coefficient (Wildman–Crippen LogP) is 5.06. The van der Waals surface area contributed by atoms with Crippen molar-refractivity contribution in [1.29, 1.82) is 0 Å². The van der Waals surface area contributed by atoms with E-state index in [4.69, 9.17) is 9.72 Å². The van der Waals surface area contributed by atoms with E-state index >= 15 is 0 Å². The van der Waals surface area contributed by atoms with E-state index in [2.05, 4.69) is 35.1 Å². The number of ether oxygens (including phenoxy) is 1. The average molecular weight is 445 g/mol. The molecule has 0 aliphatic carbocycles. The van der Waals surface area contributed by atoms with E-state index in [0.29, 0.717) is 19.1 Å². The number of rotatable bonds is 7. The number of nitrogens with one attached hydrogen (secondary N) is 1. The summed E-state index contributed by atoms with van der Waals surface area (Å²) in [5.74, 6) is 0.942. The predicted molar refractivity (Wildman–Crippen MR) is 133 cm³/mol. The minimum atomic E-state index is -0.312. The summed E-state index contributed by atoms with van der Waals surface area (Å²) in [5.41, 5.74) is 4.79. The van der Waals surface area contributed by atoms with Gasteiger partial charge in [-0.1, -0.05) is 32.0 Å². The Morgan fingerprint density at radius 2 is 1.82 bits per heavy atom. The van der Waals surface area contributed by atoms with Gasteiger partial charge in [0.2, 0.25) is 5.91 Å². The number of anilines is 2. The molecule has 3 heterocycles. The fraction of sp³-hybridized carbons (Fsp3) is 0.370. The van der Waals surface area contributed by atoms with Gasteiger partial charge in [-0.2, -0.15) is 0 Å². The van der Waals surface area contributed by atoms with Gasteiger partial charge in [0, 0.05) is 30.7 Å². The summed E-state index contributed by atoms with van der Waals surface area (Å²) in [7, 11) is 0. The Morgan fingerprint density at radius 1 is 1.06 bits per heavy atom. The third-order valence-corrected chi connectivity index (χ3v) is 5.85. The largest absolute Gasteiger partial charge is 0.378 e. The molecule has 4 rings (SSSR count). The van der Waals surface area contributed by atoms with Crippen LogP contribution in [-0.2, 0) is 9.53 Å². The number of pyridine rings is 2.